The van der Waals surface area contributed by atoms with Crippen LogP contribution >= 0.6 is 12.4 Å². The van der Waals surface area contributed by atoms with Crippen LogP contribution in [0.25, 0.3) is 0 Å². The van der Waals surface area contributed by atoms with Gasteiger partial charge in [0, 0.05) is 19.3 Å². The van der Waals surface area contributed by atoms with Crippen molar-refractivity contribution in [3.05, 3.63) is 35.4 Å². The van der Waals surface area contributed by atoms with E-state index in [1.165, 1.54) is 5.56 Å². The molecular formula is C19H29ClN2O2. The van der Waals surface area contributed by atoms with Crippen LogP contribution in [-0.4, -0.2) is 38.3 Å². The summed E-state index contributed by atoms with van der Waals surface area (Å²) >= 11 is 0. The Bertz CT molecular complexity index is 541. The smallest absolute Gasteiger partial charge is 0.231 e. The number of benzene rings is 1. The minimum atomic E-state index is -0.434. The minimum absolute atomic E-state index is 0. The zero-order chi connectivity index (χ0) is 16.3. The second-order valence-corrected chi connectivity index (χ2v) is 7.11. The molecule has 2 unspecified atom stereocenters. The standard InChI is InChI=1S/C19H28N2O2.ClH/c1-14-3-5-16(6-4-14)19(8-11-23-12-9-19)18(22)21-17-7-10-20-13-15(17)2;/h3-6,15,17,20H,7-13H2,1-2H3,(H,21,22);1H. The molecule has 0 aliphatic carbocycles. The molecule has 1 aromatic rings. The molecule has 3 rings (SSSR count). The summed E-state index contributed by atoms with van der Waals surface area (Å²) in [7, 11) is 0. The summed E-state index contributed by atoms with van der Waals surface area (Å²) in [5.41, 5.74) is 1.92. The maximum Gasteiger partial charge on any atom is 0.231 e. The van der Waals surface area contributed by atoms with Crippen LogP contribution in [0.2, 0.25) is 0 Å². The molecule has 5 heteroatoms. The molecule has 0 radical (unpaired) electrons. The average Bonchev–Trinajstić information content (AvgIpc) is 2.58. The van der Waals surface area contributed by atoms with E-state index < -0.39 is 5.41 Å². The minimum Gasteiger partial charge on any atom is -0.381 e. The average molecular weight is 353 g/mol. The van der Waals surface area contributed by atoms with Crippen molar-refractivity contribution in [1.82, 2.24) is 10.6 Å². The molecule has 1 aromatic carbocycles. The number of nitrogens with one attached hydrogen (secondary N) is 2. The number of halogens is 1. The van der Waals surface area contributed by atoms with Crippen LogP contribution in [-0.2, 0) is 14.9 Å². The van der Waals surface area contributed by atoms with E-state index in [-0.39, 0.29) is 24.4 Å². The molecule has 0 saturated carbocycles. The Labute approximate surface area is 151 Å². The third kappa shape index (κ3) is 3.93. The van der Waals surface area contributed by atoms with E-state index in [1.807, 2.05) is 0 Å². The van der Waals surface area contributed by atoms with Crippen molar-refractivity contribution in [2.24, 2.45) is 5.92 Å². The normalized spacial score (nSPS) is 26.2. The van der Waals surface area contributed by atoms with Gasteiger partial charge in [0.05, 0.1) is 5.41 Å². The maximum absolute atomic E-state index is 13.2. The molecule has 2 aliphatic rings. The molecule has 134 valence electrons. The van der Waals surface area contributed by atoms with Gasteiger partial charge in [0.15, 0.2) is 0 Å². The number of ether oxygens (including phenoxy) is 1. The number of piperidine rings is 1. The van der Waals surface area contributed by atoms with Crippen molar-refractivity contribution < 1.29 is 9.53 Å². The van der Waals surface area contributed by atoms with Gasteiger partial charge in [-0.1, -0.05) is 36.8 Å². The van der Waals surface area contributed by atoms with Gasteiger partial charge >= 0.3 is 0 Å². The molecule has 2 atom stereocenters. The SMILES string of the molecule is Cc1ccc(C2(C(=O)NC3CCNCC3C)CCOCC2)cc1.Cl. The Kier molecular flexibility index (Phi) is 6.67. The first-order valence-corrected chi connectivity index (χ1v) is 8.78. The maximum atomic E-state index is 13.2. The molecule has 24 heavy (non-hydrogen) atoms. The van der Waals surface area contributed by atoms with Crippen molar-refractivity contribution in [2.75, 3.05) is 26.3 Å². The highest BCUT2D eigenvalue weighted by Crippen LogP contribution is 2.35. The summed E-state index contributed by atoms with van der Waals surface area (Å²) < 4.78 is 5.54. The van der Waals surface area contributed by atoms with E-state index >= 15 is 0 Å². The third-order valence-electron chi connectivity index (χ3n) is 5.49. The predicted molar refractivity (Wildman–Crippen MR) is 98.7 cm³/mol. The first kappa shape index (κ1) is 19.2. The quantitative estimate of drug-likeness (QED) is 0.879. The van der Waals surface area contributed by atoms with Crippen molar-refractivity contribution >= 4 is 18.3 Å². The van der Waals surface area contributed by atoms with E-state index in [0.29, 0.717) is 19.1 Å². The topological polar surface area (TPSA) is 50.4 Å². The van der Waals surface area contributed by atoms with Crippen LogP contribution in [0, 0.1) is 12.8 Å². The Balaban J connectivity index is 0.00000208. The Morgan fingerprint density at radius 3 is 2.54 bits per heavy atom. The largest absolute Gasteiger partial charge is 0.381 e. The van der Waals surface area contributed by atoms with Gasteiger partial charge in [-0.05, 0) is 50.8 Å². The summed E-state index contributed by atoms with van der Waals surface area (Å²) in [5, 5.41) is 6.75. The van der Waals surface area contributed by atoms with Crippen LogP contribution < -0.4 is 10.6 Å². The van der Waals surface area contributed by atoms with Gasteiger partial charge in [-0.15, -0.1) is 12.4 Å². The lowest BCUT2D eigenvalue weighted by Crippen LogP contribution is -2.55. The fourth-order valence-corrected chi connectivity index (χ4v) is 3.77. The van der Waals surface area contributed by atoms with Crippen LogP contribution in [0.1, 0.15) is 37.3 Å². The second kappa shape index (κ2) is 8.32. The fourth-order valence-electron chi connectivity index (χ4n) is 3.77. The van der Waals surface area contributed by atoms with Crippen LogP contribution in [0.3, 0.4) is 0 Å². The molecule has 0 spiro atoms. The first-order valence-electron chi connectivity index (χ1n) is 8.78. The second-order valence-electron chi connectivity index (χ2n) is 7.11. The van der Waals surface area contributed by atoms with Crippen LogP contribution in [0.4, 0.5) is 0 Å². The van der Waals surface area contributed by atoms with Crippen molar-refractivity contribution in [2.45, 2.75) is 44.6 Å². The monoisotopic (exact) mass is 352 g/mol. The first-order chi connectivity index (χ1) is 11.1. The highest BCUT2D eigenvalue weighted by atomic mass is 35.5. The highest BCUT2D eigenvalue weighted by Gasteiger charge is 2.42. The number of aryl methyl sites for hydroxylation is 1. The van der Waals surface area contributed by atoms with E-state index in [2.05, 4.69) is 48.7 Å². The summed E-state index contributed by atoms with van der Waals surface area (Å²) in [6.45, 7) is 7.56. The Morgan fingerprint density at radius 2 is 1.92 bits per heavy atom. The fraction of sp³-hybridized carbons (Fsp3) is 0.632. The number of hydrogen-bond donors (Lipinski definition) is 2. The molecule has 0 bridgehead atoms. The van der Waals surface area contributed by atoms with Gasteiger partial charge < -0.3 is 15.4 Å². The number of carbonyl (C=O) groups excluding carboxylic acids is 1. The molecule has 2 fully saturated rings. The van der Waals surface area contributed by atoms with Crippen molar-refractivity contribution in [3.8, 4) is 0 Å². The summed E-state index contributed by atoms with van der Waals surface area (Å²) in [4.78, 5) is 13.2. The van der Waals surface area contributed by atoms with Crippen LogP contribution in [0.15, 0.2) is 24.3 Å². The van der Waals surface area contributed by atoms with Gasteiger partial charge in [0.1, 0.15) is 0 Å². The predicted octanol–water partition coefficient (Wildman–Crippen LogP) is 2.58. The molecule has 2 heterocycles. The van der Waals surface area contributed by atoms with Gasteiger partial charge in [0.25, 0.3) is 0 Å². The summed E-state index contributed by atoms with van der Waals surface area (Å²) in [6.07, 6.45) is 2.54. The lowest BCUT2D eigenvalue weighted by atomic mass is 9.73. The van der Waals surface area contributed by atoms with Gasteiger partial charge in [-0.25, -0.2) is 0 Å². The number of carbonyl (C=O) groups is 1. The van der Waals surface area contributed by atoms with Gasteiger partial charge in [-0.3, -0.25) is 4.79 Å². The zero-order valence-electron chi connectivity index (χ0n) is 14.6. The van der Waals surface area contributed by atoms with Gasteiger partial charge in [-0.2, -0.15) is 0 Å². The van der Waals surface area contributed by atoms with E-state index in [9.17, 15) is 4.79 Å². The van der Waals surface area contributed by atoms with Crippen molar-refractivity contribution in [1.29, 1.82) is 0 Å². The lowest BCUT2D eigenvalue weighted by molar-refractivity contribution is -0.131. The summed E-state index contributed by atoms with van der Waals surface area (Å²) in [5.74, 6) is 0.658. The molecule has 0 aromatic heterocycles. The molecule has 4 nitrogen and oxygen atoms in total. The highest BCUT2D eigenvalue weighted by molar-refractivity contribution is 5.88. The van der Waals surface area contributed by atoms with E-state index in [0.717, 1.165) is 37.9 Å². The number of rotatable bonds is 3. The zero-order valence-corrected chi connectivity index (χ0v) is 15.5. The molecule has 2 saturated heterocycles. The molecule has 2 aliphatic heterocycles. The molecule has 1 amide bonds. The van der Waals surface area contributed by atoms with Gasteiger partial charge in [0.2, 0.25) is 5.91 Å². The Morgan fingerprint density at radius 1 is 1.25 bits per heavy atom. The Hall–Kier alpha value is -1.10. The van der Waals surface area contributed by atoms with Crippen molar-refractivity contribution in [3.63, 3.8) is 0 Å². The van der Waals surface area contributed by atoms with E-state index in [4.69, 9.17) is 4.74 Å². The van der Waals surface area contributed by atoms with E-state index in [1.54, 1.807) is 0 Å². The summed E-state index contributed by atoms with van der Waals surface area (Å²) in [6, 6.07) is 8.71. The third-order valence-corrected chi connectivity index (χ3v) is 5.49. The number of hydrogen-bond acceptors (Lipinski definition) is 3. The lowest BCUT2D eigenvalue weighted by Gasteiger charge is -2.39. The number of amides is 1. The molecular weight excluding hydrogens is 324 g/mol. The van der Waals surface area contributed by atoms with Crippen LogP contribution in [0.5, 0.6) is 0 Å². The molecule has 2 N–H and O–H groups in total.